The Morgan fingerprint density at radius 3 is 2.30 bits per heavy atom. The van der Waals surface area contributed by atoms with Gasteiger partial charge in [0.15, 0.2) is 0 Å². The minimum Gasteiger partial charge on any atom is -0.461 e. The number of esters is 3. The lowest BCUT2D eigenvalue weighted by molar-refractivity contribution is -0.149. The van der Waals surface area contributed by atoms with Crippen molar-refractivity contribution in [1.29, 1.82) is 0 Å². The molecule has 1 aliphatic heterocycles. The standard InChI is InChI=1S/C24H32O6/c1-14-8-7-9-15(2)12-21(29-19(6)26)23-17(4)24(27)30-22(23)13-16(3)11-20(10-14)28-18(5)25/h9-10,13,20-23H,4,7-8,11-12H2,1-3,5-6H3/b14-10-,15-9-,16-13-/t20-,21+,22+,23+/m0/s1. The SMILES string of the molecule is C=C1C(=O)O[C@@H]2/C=C(/C)C[C@@H](OC(C)=O)/C=C(/C)CC/C=C(/C)C[C@@H](OC(C)=O)[C@@H]12. The Bertz CT molecular complexity index is 801. The van der Waals surface area contributed by atoms with Crippen molar-refractivity contribution in [2.45, 2.75) is 78.6 Å². The average molecular weight is 417 g/mol. The van der Waals surface area contributed by atoms with E-state index in [0.717, 1.165) is 29.6 Å². The molecule has 0 aromatic rings. The molecule has 0 amide bonds. The summed E-state index contributed by atoms with van der Waals surface area (Å²) in [4.78, 5) is 35.6. The van der Waals surface area contributed by atoms with Gasteiger partial charge in [0.2, 0.25) is 0 Å². The molecule has 0 N–H and O–H groups in total. The molecule has 0 spiro atoms. The molecule has 0 saturated carbocycles. The Kier molecular flexibility index (Phi) is 8.21. The Hall–Kier alpha value is -2.63. The Balaban J connectivity index is 2.46. The molecule has 0 aromatic heterocycles. The molecule has 1 saturated heterocycles. The summed E-state index contributed by atoms with van der Waals surface area (Å²) >= 11 is 0. The molecule has 2 rings (SSSR count). The van der Waals surface area contributed by atoms with Crippen LogP contribution in [0.25, 0.3) is 0 Å². The normalized spacial score (nSPS) is 33.4. The average Bonchev–Trinajstić information content (AvgIpc) is 2.86. The summed E-state index contributed by atoms with van der Waals surface area (Å²) in [6, 6.07) is 0. The molecule has 1 heterocycles. The lowest BCUT2D eigenvalue weighted by Crippen LogP contribution is -2.32. The third-order valence-corrected chi connectivity index (χ3v) is 5.29. The maximum absolute atomic E-state index is 12.3. The van der Waals surface area contributed by atoms with Gasteiger partial charge in [-0.1, -0.05) is 29.4 Å². The van der Waals surface area contributed by atoms with Crippen LogP contribution in [0.4, 0.5) is 0 Å². The second-order valence-corrected chi connectivity index (χ2v) is 8.24. The van der Waals surface area contributed by atoms with Crippen LogP contribution in [0.15, 0.2) is 47.1 Å². The summed E-state index contributed by atoms with van der Waals surface area (Å²) in [5.41, 5.74) is 3.41. The molecule has 0 bridgehead atoms. The van der Waals surface area contributed by atoms with Gasteiger partial charge in [-0.05, 0) is 45.8 Å². The number of ether oxygens (including phenoxy) is 3. The van der Waals surface area contributed by atoms with Gasteiger partial charge < -0.3 is 14.2 Å². The lowest BCUT2D eigenvalue weighted by Gasteiger charge is -2.26. The van der Waals surface area contributed by atoms with Crippen LogP contribution in [0.5, 0.6) is 0 Å². The van der Waals surface area contributed by atoms with E-state index in [1.165, 1.54) is 13.8 Å². The number of carbonyl (C=O) groups excluding carboxylic acids is 3. The summed E-state index contributed by atoms with van der Waals surface area (Å²) in [7, 11) is 0. The lowest BCUT2D eigenvalue weighted by atomic mass is 9.86. The van der Waals surface area contributed by atoms with E-state index in [-0.39, 0.29) is 5.97 Å². The second-order valence-electron chi connectivity index (χ2n) is 8.24. The largest absolute Gasteiger partial charge is 0.461 e. The molecule has 30 heavy (non-hydrogen) atoms. The van der Waals surface area contributed by atoms with E-state index in [4.69, 9.17) is 14.2 Å². The van der Waals surface area contributed by atoms with E-state index in [2.05, 4.69) is 12.7 Å². The third kappa shape index (κ3) is 6.71. The van der Waals surface area contributed by atoms with Gasteiger partial charge in [-0.25, -0.2) is 4.79 Å². The fourth-order valence-corrected chi connectivity index (χ4v) is 4.00. The molecule has 2 aliphatic rings. The maximum Gasteiger partial charge on any atom is 0.334 e. The van der Waals surface area contributed by atoms with Crippen molar-refractivity contribution >= 4 is 17.9 Å². The quantitative estimate of drug-likeness (QED) is 0.288. The molecule has 0 unspecified atom stereocenters. The van der Waals surface area contributed by atoms with Gasteiger partial charge in [0.25, 0.3) is 0 Å². The number of carbonyl (C=O) groups is 3. The number of allylic oxidation sites excluding steroid dienone is 2. The van der Waals surface area contributed by atoms with Crippen molar-refractivity contribution < 1.29 is 28.6 Å². The van der Waals surface area contributed by atoms with Crippen LogP contribution in [0, 0.1) is 5.92 Å². The summed E-state index contributed by atoms with van der Waals surface area (Å²) < 4.78 is 16.6. The monoisotopic (exact) mass is 416 g/mol. The summed E-state index contributed by atoms with van der Waals surface area (Å²) in [5.74, 6) is -1.70. The summed E-state index contributed by atoms with van der Waals surface area (Å²) in [6.45, 7) is 12.6. The smallest absolute Gasteiger partial charge is 0.334 e. The van der Waals surface area contributed by atoms with Crippen molar-refractivity contribution in [3.8, 4) is 0 Å². The van der Waals surface area contributed by atoms with Crippen molar-refractivity contribution in [1.82, 2.24) is 0 Å². The van der Waals surface area contributed by atoms with Crippen LogP contribution in [0.1, 0.15) is 60.3 Å². The molecule has 6 heteroatoms. The van der Waals surface area contributed by atoms with E-state index in [9.17, 15) is 14.4 Å². The van der Waals surface area contributed by atoms with Crippen molar-refractivity contribution in [2.24, 2.45) is 5.92 Å². The number of hydrogen-bond donors (Lipinski definition) is 0. The van der Waals surface area contributed by atoms with Gasteiger partial charge >= 0.3 is 17.9 Å². The minimum atomic E-state index is -0.590. The molecule has 164 valence electrons. The predicted octanol–water partition coefficient (Wildman–Crippen LogP) is 4.36. The highest BCUT2D eigenvalue weighted by Crippen LogP contribution is 2.36. The zero-order chi connectivity index (χ0) is 22.4. The van der Waals surface area contributed by atoms with Gasteiger partial charge in [0.1, 0.15) is 18.3 Å². The van der Waals surface area contributed by atoms with Gasteiger partial charge in [0, 0.05) is 32.3 Å². The van der Waals surface area contributed by atoms with E-state index >= 15 is 0 Å². The highest BCUT2D eigenvalue weighted by atomic mass is 16.6. The van der Waals surface area contributed by atoms with E-state index in [1.807, 2.05) is 32.9 Å². The number of rotatable bonds is 2. The first-order valence-electron chi connectivity index (χ1n) is 10.3. The van der Waals surface area contributed by atoms with Gasteiger partial charge in [-0.15, -0.1) is 0 Å². The Morgan fingerprint density at radius 2 is 1.67 bits per heavy atom. The molecule has 1 fully saturated rings. The maximum atomic E-state index is 12.3. The van der Waals surface area contributed by atoms with Crippen LogP contribution >= 0.6 is 0 Å². The van der Waals surface area contributed by atoms with Crippen LogP contribution in [-0.2, 0) is 28.6 Å². The predicted molar refractivity (Wildman–Crippen MR) is 113 cm³/mol. The van der Waals surface area contributed by atoms with Gasteiger partial charge in [-0.3, -0.25) is 9.59 Å². The summed E-state index contributed by atoms with van der Waals surface area (Å²) in [6.07, 6.45) is 7.03. The van der Waals surface area contributed by atoms with Gasteiger partial charge in [0.05, 0.1) is 5.92 Å². The van der Waals surface area contributed by atoms with E-state index in [0.29, 0.717) is 18.4 Å². The van der Waals surface area contributed by atoms with Crippen molar-refractivity contribution in [3.63, 3.8) is 0 Å². The van der Waals surface area contributed by atoms with E-state index < -0.39 is 36.2 Å². The fraction of sp³-hybridized carbons (Fsp3) is 0.542. The molecule has 1 aliphatic carbocycles. The molecular weight excluding hydrogens is 384 g/mol. The molecule has 4 atom stereocenters. The van der Waals surface area contributed by atoms with Crippen molar-refractivity contribution in [3.05, 3.63) is 47.1 Å². The zero-order valence-corrected chi connectivity index (χ0v) is 18.5. The zero-order valence-electron chi connectivity index (χ0n) is 18.5. The minimum absolute atomic E-state index is 0.308. The highest BCUT2D eigenvalue weighted by Gasteiger charge is 2.44. The Morgan fingerprint density at radius 1 is 1.00 bits per heavy atom. The Labute approximate surface area is 178 Å². The van der Waals surface area contributed by atoms with Crippen molar-refractivity contribution in [2.75, 3.05) is 0 Å². The van der Waals surface area contributed by atoms with Crippen LogP contribution in [0.3, 0.4) is 0 Å². The highest BCUT2D eigenvalue weighted by molar-refractivity contribution is 5.91. The third-order valence-electron chi connectivity index (χ3n) is 5.29. The van der Waals surface area contributed by atoms with Crippen LogP contribution in [0.2, 0.25) is 0 Å². The molecule has 0 aromatic carbocycles. The topological polar surface area (TPSA) is 78.9 Å². The number of hydrogen-bond acceptors (Lipinski definition) is 6. The van der Waals surface area contributed by atoms with E-state index in [1.54, 1.807) is 0 Å². The first kappa shape index (κ1) is 23.6. The van der Waals surface area contributed by atoms with Gasteiger partial charge in [-0.2, -0.15) is 0 Å². The van der Waals surface area contributed by atoms with Crippen LogP contribution < -0.4 is 0 Å². The number of fused-ring (bicyclic) bond motifs is 1. The second kappa shape index (κ2) is 10.4. The first-order valence-corrected chi connectivity index (χ1v) is 10.3. The molecule has 0 radical (unpaired) electrons. The molecule has 6 nitrogen and oxygen atoms in total. The summed E-state index contributed by atoms with van der Waals surface area (Å²) in [5, 5.41) is 0. The molecular formula is C24H32O6. The van der Waals surface area contributed by atoms with Crippen LogP contribution in [-0.4, -0.2) is 36.2 Å². The fourth-order valence-electron chi connectivity index (χ4n) is 4.00. The first-order chi connectivity index (χ1) is 14.1.